The fourth-order valence-electron chi connectivity index (χ4n) is 1.44. The van der Waals surface area contributed by atoms with E-state index in [0.29, 0.717) is 11.5 Å². The molecule has 4 heteroatoms. The van der Waals surface area contributed by atoms with Gasteiger partial charge in [0, 0.05) is 17.8 Å². The molecule has 0 radical (unpaired) electrons. The lowest BCUT2D eigenvalue weighted by molar-refractivity contribution is -0.115. The first-order valence-corrected chi connectivity index (χ1v) is 5.49. The first-order valence-electron chi connectivity index (χ1n) is 5.49. The second-order valence-corrected chi connectivity index (χ2v) is 4.98. The van der Waals surface area contributed by atoms with Crippen molar-refractivity contribution < 1.29 is 4.79 Å². The largest absolute Gasteiger partial charge is 0.308 e. The van der Waals surface area contributed by atoms with Crippen LogP contribution in [0.1, 0.15) is 26.3 Å². The molecule has 0 unspecified atom stereocenters. The van der Waals surface area contributed by atoms with Crippen LogP contribution in [0.4, 0.5) is 0 Å². The van der Waals surface area contributed by atoms with Gasteiger partial charge in [-0.3, -0.25) is 9.78 Å². The zero-order valence-electron chi connectivity index (χ0n) is 10.2. The number of nitrogens with one attached hydrogen (secondary N) is 1. The number of pyridine rings is 1. The Balaban J connectivity index is 2.32. The minimum Gasteiger partial charge on any atom is -0.308 e. The molecule has 88 valence electrons. The molecular weight excluding hydrogens is 214 g/mol. The van der Waals surface area contributed by atoms with Gasteiger partial charge < -0.3 is 5.32 Å². The van der Waals surface area contributed by atoms with Crippen LogP contribution in [-0.2, 0) is 4.79 Å². The third-order valence-electron chi connectivity index (χ3n) is 2.40. The van der Waals surface area contributed by atoms with Crippen LogP contribution < -0.4 is 5.32 Å². The Bertz CT molecular complexity index is 495. The predicted molar refractivity (Wildman–Crippen MR) is 67.2 cm³/mol. The fraction of sp³-hybridized carbons (Fsp3) is 0.308. The third kappa shape index (κ3) is 2.58. The number of amidine groups is 1. The Morgan fingerprint density at radius 2 is 2.12 bits per heavy atom. The van der Waals surface area contributed by atoms with Crippen LogP contribution >= 0.6 is 0 Å². The van der Waals surface area contributed by atoms with Crippen molar-refractivity contribution in [2.45, 2.75) is 20.8 Å². The van der Waals surface area contributed by atoms with E-state index < -0.39 is 0 Å². The van der Waals surface area contributed by atoms with Crippen LogP contribution in [0, 0.1) is 5.41 Å². The second kappa shape index (κ2) is 4.13. The lowest BCUT2D eigenvalue weighted by atomic mass is 9.95. The molecule has 1 amide bonds. The van der Waals surface area contributed by atoms with Crippen molar-refractivity contribution in [3.8, 4) is 0 Å². The Morgan fingerprint density at radius 3 is 2.65 bits per heavy atom. The van der Waals surface area contributed by atoms with E-state index in [0.717, 1.165) is 5.56 Å². The van der Waals surface area contributed by atoms with E-state index in [2.05, 4.69) is 15.3 Å². The molecule has 0 spiro atoms. The Morgan fingerprint density at radius 1 is 1.35 bits per heavy atom. The van der Waals surface area contributed by atoms with E-state index in [-0.39, 0.29) is 11.3 Å². The highest BCUT2D eigenvalue weighted by atomic mass is 16.2. The quantitative estimate of drug-likeness (QED) is 0.749. The van der Waals surface area contributed by atoms with Crippen molar-refractivity contribution >= 4 is 17.8 Å². The van der Waals surface area contributed by atoms with Crippen LogP contribution in [0.2, 0.25) is 0 Å². The summed E-state index contributed by atoms with van der Waals surface area (Å²) in [6.45, 7) is 6.04. The standard InChI is InChI=1S/C13H15N3O/c1-13(2,3)12-15-10(11(17)16-12)7-9-5-4-6-14-8-9/h4-8H,1-3H3,(H,15,16,17)/b10-7+. The molecule has 2 rings (SSSR count). The van der Waals surface area contributed by atoms with Crippen molar-refractivity contribution in [3.05, 3.63) is 35.8 Å². The summed E-state index contributed by atoms with van der Waals surface area (Å²) in [6, 6.07) is 3.71. The first-order chi connectivity index (χ1) is 7.97. The number of hydrogen-bond acceptors (Lipinski definition) is 3. The molecule has 1 aliphatic rings. The second-order valence-electron chi connectivity index (χ2n) is 4.98. The summed E-state index contributed by atoms with van der Waals surface area (Å²) < 4.78 is 0. The van der Waals surface area contributed by atoms with Gasteiger partial charge in [-0.15, -0.1) is 0 Å². The number of nitrogens with zero attached hydrogens (tertiary/aromatic N) is 2. The van der Waals surface area contributed by atoms with Gasteiger partial charge in [0.2, 0.25) is 0 Å². The monoisotopic (exact) mass is 229 g/mol. The number of amides is 1. The van der Waals surface area contributed by atoms with Gasteiger partial charge in [-0.25, -0.2) is 4.99 Å². The molecule has 0 saturated carbocycles. The van der Waals surface area contributed by atoms with Gasteiger partial charge in [0.1, 0.15) is 11.5 Å². The van der Waals surface area contributed by atoms with E-state index in [1.54, 1.807) is 18.5 Å². The number of hydrogen-bond donors (Lipinski definition) is 1. The average molecular weight is 229 g/mol. The molecule has 0 fully saturated rings. The lowest BCUT2D eigenvalue weighted by Crippen LogP contribution is -2.34. The normalized spacial score (nSPS) is 18.2. The van der Waals surface area contributed by atoms with E-state index >= 15 is 0 Å². The maximum absolute atomic E-state index is 11.7. The summed E-state index contributed by atoms with van der Waals surface area (Å²) in [4.78, 5) is 20.0. The van der Waals surface area contributed by atoms with Crippen molar-refractivity contribution in [3.63, 3.8) is 0 Å². The topological polar surface area (TPSA) is 54.4 Å². The van der Waals surface area contributed by atoms with Gasteiger partial charge in [0.25, 0.3) is 5.91 Å². The van der Waals surface area contributed by atoms with Gasteiger partial charge in [0.15, 0.2) is 0 Å². The maximum atomic E-state index is 11.7. The van der Waals surface area contributed by atoms with E-state index in [4.69, 9.17) is 0 Å². The van der Waals surface area contributed by atoms with E-state index in [1.165, 1.54) is 0 Å². The maximum Gasteiger partial charge on any atom is 0.275 e. The lowest BCUT2D eigenvalue weighted by Gasteiger charge is -2.16. The zero-order valence-corrected chi connectivity index (χ0v) is 10.2. The molecule has 1 aromatic heterocycles. The van der Waals surface area contributed by atoms with Crippen LogP contribution in [0.3, 0.4) is 0 Å². The molecule has 0 atom stereocenters. The summed E-state index contributed by atoms with van der Waals surface area (Å²) in [5.41, 5.74) is 1.15. The van der Waals surface area contributed by atoms with Crippen LogP contribution in [0.5, 0.6) is 0 Å². The minimum atomic E-state index is -0.154. The molecule has 17 heavy (non-hydrogen) atoms. The molecule has 0 aliphatic carbocycles. The molecule has 4 nitrogen and oxygen atoms in total. The summed E-state index contributed by atoms with van der Waals surface area (Å²) in [5.74, 6) is 0.552. The first kappa shape index (κ1) is 11.5. The zero-order chi connectivity index (χ0) is 12.5. The van der Waals surface area contributed by atoms with Crippen LogP contribution in [0.25, 0.3) is 6.08 Å². The number of carbonyl (C=O) groups is 1. The van der Waals surface area contributed by atoms with Gasteiger partial charge >= 0.3 is 0 Å². The molecule has 2 heterocycles. The highest BCUT2D eigenvalue weighted by molar-refractivity contribution is 6.15. The third-order valence-corrected chi connectivity index (χ3v) is 2.40. The van der Waals surface area contributed by atoms with Crippen molar-refractivity contribution in [1.29, 1.82) is 0 Å². The smallest absolute Gasteiger partial charge is 0.275 e. The molecule has 0 saturated heterocycles. The van der Waals surface area contributed by atoms with Crippen LogP contribution in [0.15, 0.2) is 35.2 Å². The van der Waals surface area contributed by atoms with Gasteiger partial charge in [-0.2, -0.15) is 0 Å². The van der Waals surface area contributed by atoms with Crippen LogP contribution in [-0.4, -0.2) is 16.7 Å². The molecule has 1 N–H and O–H groups in total. The summed E-state index contributed by atoms with van der Waals surface area (Å²) in [6.07, 6.45) is 5.13. The van der Waals surface area contributed by atoms with Crippen molar-refractivity contribution in [1.82, 2.24) is 10.3 Å². The van der Waals surface area contributed by atoms with E-state index in [9.17, 15) is 4.79 Å². The Hall–Kier alpha value is -1.97. The predicted octanol–water partition coefficient (Wildman–Crippen LogP) is 2.00. The minimum absolute atomic E-state index is 0.153. The van der Waals surface area contributed by atoms with Crippen molar-refractivity contribution in [2.24, 2.45) is 10.4 Å². The number of carbonyl (C=O) groups excluding carboxylic acids is 1. The van der Waals surface area contributed by atoms with Crippen molar-refractivity contribution in [2.75, 3.05) is 0 Å². The summed E-state index contributed by atoms with van der Waals surface area (Å²) >= 11 is 0. The number of rotatable bonds is 1. The molecular formula is C13H15N3O. The summed E-state index contributed by atoms with van der Waals surface area (Å²) in [7, 11) is 0. The molecule has 1 aliphatic heterocycles. The molecule has 1 aromatic rings. The Kier molecular flexibility index (Phi) is 2.79. The highest BCUT2D eigenvalue weighted by Crippen LogP contribution is 2.21. The Labute approximate surface area is 100 Å². The van der Waals surface area contributed by atoms with Gasteiger partial charge in [-0.05, 0) is 17.7 Å². The summed E-state index contributed by atoms with van der Waals surface area (Å²) in [5, 5.41) is 2.79. The van der Waals surface area contributed by atoms with Gasteiger partial charge in [-0.1, -0.05) is 26.8 Å². The molecule has 0 bridgehead atoms. The molecule has 0 aromatic carbocycles. The SMILES string of the molecule is CC(C)(C)C1=N/C(=C/c2cccnc2)C(=O)N1. The van der Waals surface area contributed by atoms with E-state index in [1.807, 2.05) is 32.9 Å². The number of aliphatic imine (C=N–C) groups is 1. The highest BCUT2D eigenvalue weighted by Gasteiger charge is 2.28. The fourth-order valence-corrected chi connectivity index (χ4v) is 1.44. The number of aromatic nitrogens is 1. The van der Waals surface area contributed by atoms with Gasteiger partial charge in [0.05, 0.1) is 0 Å². The average Bonchev–Trinajstić information content (AvgIpc) is 2.62.